The van der Waals surface area contributed by atoms with Crippen molar-refractivity contribution in [3.63, 3.8) is 0 Å². The highest BCUT2D eigenvalue weighted by Gasteiger charge is 2.14. The molecule has 1 rings (SSSR count). The first-order chi connectivity index (χ1) is 4.79. The predicted molar refractivity (Wildman–Crippen MR) is 38.2 cm³/mol. The molecule has 4 nitrogen and oxygen atoms in total. The van der Waals surface area contributed by atoms with E-state index in [-0.39, 0.29) is 5.96 Å². The largest absolute Gasteiger partial charge is 0.375 e. The fourth-order valence-electron chi connectivity index (χ4n) is 1.04. The summed E-state index contributed by atoms with van der Waals surface area (Å²) in [6, 6.07) is 0. The van der Waals surface area contributed by atoms with E-state index in [0.717, 1.165) is 26.0 Å². The van der Waals surface area contributed by atoms with Gasteiger partial charge in [0.25, 0.3) is 0 Å². The molecule has 0 bridgehead atoms. The summed E-state index contributed by atoms with van der Waals surface area (Å²) in [5, 5.41) is 0. The molecule has 1 aliphatic rings. The van der Waals surface area contributed by atoms with E-state index in [4.69, 9.17) is 16.2 Å². The van der Waals surface area contributed by atoms with Gasteiger partial charge in [-0.05, 0) is 12.8 Å². The van der Waals surface area contributed by atoms with Crippen molar-refractivity contribution < 1.29 is 9.73 Å². The number of hydrogen-bond acceptors (Lipinski definition) is 1. The highest BCUT2D eigenvalue weighted by Crippen LogP contribution is 2.08. The van der Waals surface area contributed by atoms with Crippen molar-refractivity contribution in [1.82, 2.24) is 0 Å². The number of nitrogens with one attached hydrogen (secondary N) is 1. The van der Waals surface area contributed by atoms with Gasteiger partial charge in [0.15, 0.2) is 0 Å². The third kappa shape index (κ3) is 2.23. The topological polar surface area (TPSA) is 75.2 Å². The second-order valence-corrected chi connectivity index (χ2v) is 2.47. The van der Waals surface area contributed by atoms with Crippen LogP contribution in [-0.2, 0) is 4.74 Å². The molecule has 0 spiro atoms. The Morgan fingerprint density at radius 3 is 2.90 bits per heavy atom. The van der Waals surface area contributed by atoms with Gasteiger partial charge in [-0.3, -0.25) is 16.5 Å². The molecule has 1 atom stereocenters. The van der Waals surface area contributed by atoms with Crippen molar-refractivity contribution in [1.29, 1.82) is 0 Å². The molecule has 0 radical (unpaired) electrons. The minimum atomic E-state index is 0.274. The van der Waals surface area contributed by atoms with Gasteiger partial charge in [-0.1, -0.05) is 0 Å². The molecule has 0 saturated carbocycles. The van der Waals surface area contributed by atoms with Gasteiger partial charge >= 0.3 is 5.96 Å². The van der Waals surface area contributed by atoms with E-state index in [0.29, 0.717) is 6.10 Å². The fraction of sp³-hybridized carbons (Fsp3) is 0.833. The molecule has 1 saturated heterocycles. The molecule has 5 N–H and O–H groups in total. The molecular weight excluding hydrogens is 130 g/mol. The molecule has 0 unspecified atom stereocenters. The summed E-state index contributed by atoms with van der Waals surface area (Å²) < 4.78 is 5.32. The third-order valence-electron chi connectivity index (χ3n) is 1.56. The van der Waals surface area contributed by atoms with Gasteiger partial charge in [-0.2, -0.15) is 0 Å². The summed E-state index contributed by atoms with van der Waals surface area (Å²) in [5.74, 6) is 0.274. The lowest BCUT2D eigenvalue weighted by Gasteiger charge is -2.02. The maximum absolute atomic E-state index is 5.32. The van der Waals surface area contributed by atoms with E-state index in [1.54, 1.807) is 0 Å². The monoisotopic (exact) mass is 144 g/mol. The van der Waals surface area contributed by atoms with Crippen LogP contribution in [0.4, 0.5) is 0 Å². The first-order valence-electron chi connectivity index (χ1n) is 3.52. The Balaban J connectivity index is 2.18. The van der Waals surface area contributed by atoms with Gasteiger partial charge in [0.2, 0.25) is 0 Å². The van der Waals surface area contributed by atoms with E-state index in [1.807, 2.05) is 0 Å². The van der Waals surface area contributed by atoms with Crippen LogP contribution < -0.4 is 16.5 Å². The normalized spacial score (nSPS) is 24.6. The van der Waals surface area contributed by atoms with Crippen molar-refractivity contribution >= 4 is 5.96 Å². The van der Waals surface area contributed by atoms with Crippen molar-refractivity contribution in [2.45, 2.75) is 18.9 Å². The smallest absolute Gasteiger partial charge is 0.338 e. The van der Waals surface area contributed by atoms with Crippen molar-refractivity contribution in [3.05, 3.63) is 0 Å². The van der Waals surface area contributed by atoms with Crippen LogP contribution in [0, 0.1) is 0 Å². The Bertz CT molecular complexity index is 125. The standard InChI is InChI=1S/C6H13N3O/c7-6(8)9-4-5-2-1-3-10-5/h5H,1-4H2,(H4,7,8,9)/p+1/t5-/m0/s1. The molecule has 0 aromatic heterocycles. The van der Waals surface area contributed by atoms with Crippen molar-refractivity contribution in [3.8, 4) is 0 Å². The number of guanidine groups is 1. The summed E-state index contributed by atoms with van der Waals surface area (Å²) in [6.07, 6.45) is 2.57. The van der Waals surface area contributed by atoms with E-state index < -0.39 is 0 Å². The molecular formula is C6H14N3O+. The average Bonchev–Trinajstić information content (AvgIpc) is 2.34. The second-order valence-electron chi connectivity index (χ2n) is 2.47. The molecule has 1 fully saturated rings. The van der Waals surface area contributed by atoms with Gasteiger partial charge in [0, 0.05) is 6.61 Å². The minimum Gasteiger partial charge on any atom is -0.375 e. The van der Waals surface area contributed by atoms with Crippen LogP contribution in [0.3, 0.4) is 0 Å². The first-order valence-corrected chi connectivity index (χ1v) is 3.52. The summed E-state index contributed by atoms with van der Waals surface area (Å²) >= 11 is 0. The van der Waals surface area contributed by atoms with Crippen molar-refractivity contribution in [2.75, 3.05) is 13.2 Å². The van der Waals surface area contributed by atoms with Crippen LogP contribution >= 0.6 is 0 Å². The number of ether oxygens (including phenoxy) is 1. The molecule has 10 heavy (non-hydrogen) atoms. The van der Waals surface area contributed by atoms with E-state index in [9.17, 15) is 0 Å². The van der Waals surface area contributed by atoms with Crippen LogP contribution in [0.5, 0.6) is 0 Å². The number of rotatable bonds is 2. The van der Waals surface area contributed by atoms with Gasteiger partial charge in [-0.15, -0.1) is 0 Å². The number of hydrogen-bond donors (Lipinski definition) is 3. The molecule has 0 amide bonds. The predicted octanol–water partition coefficient (Wildman–Crippen LogP) is -2.48. The highest BCUT2D eigenvalue weighted by molar-refractivity contribution is 5.69. The van der Waals surface area contributed by atoms with Gasteiger partial charge in [-0.25, -0.2) is 0 Å². The Morgan fingerprint density at radius 2 is 2.40 bits per heavy atom. The lowest BCUT2D eigenvalue weighted by molar-refractivity contribution is -0.470. The Labute approximate surface area is 60.2 Å². The molecule has 1 aliphatic heterocycles. The van der Waals surface area contributed by atoms with Crippen LogP contribution in [0.2, 0.25) is 0 Å². The zero-order chi connectivity index (χ0) is 7.40. The van der Waals surface area contributed by atoms with Crippen LogP contribution in [0.25, 0.3) is 0 Å². The minimum absolute atomic E-state index is 0.274. The Hall–Kier alpha value is -0.770. The lowest BCUT2D eigenvalue weighted by atomic mass is 10.2. The SMILES string of the molecule is NC(N)=[NH+]C[C@@H]1CCCO1. The highest BCUT2D eigenvalue weighted by atomic mass is 16.5. The number of nitrogens with two attached hydrogens (primary N) is 2. The summed E-state index contributed by atoms with van der Waals surface area (Å²) in [6.45, 7) is 1.61. The Kier molecular flexibility index (Phi) is 2.50. The fourth-order valence-corrected chi connectivity index (χ4v) is 1.04. The van der Waals surface area contributed by atoms with E-state index in [2.05, 4.69) is 4.99 Å². The lowest BCUT2D eigenvalue weighted by Crippen LogP contribution is -2.80. The van der Waals surface area contributed by atoms with Crippen molar-refractivity contribution in [2.24, 2.45) is 11.5 Å². The summed E-state index contributed by atoms with van der Waals surface area (Å²) in [4.78, 5) is 2.83. The van der Waals surface area contributed by atoms with Crippen LogP contribution in [-0.4, -0.2) is 25.2 Å². The molecule has 0 aromatic rings. The van der Waals surface area contributed by atoms with Crippen LogP contribution in [0.1, 0.15) is 12.8 Å². The van der Waals surface area contributed by atoms with Crippen LogP contribution in [0.15, 0.2) is 0 Å². The van der Waals surface area contributed by atoms with E-state index in [1.165, 1.54) is 0 Å². The van der Waals surface area contributed by atoms with Gasteiger partial charge in [0.1, 0.15) is 0 Å². The Morgan fingerprint density at radius 1 is 1.60 bits per heavy atom. The zero-order valence-electron chi connectivity index (χ0n) is 5.97. The quantitative estimate of drug-likeness (QED) is 0.297. The molecule has 58 valence electrons. The van der Waals surface area contributed by atoms with Gasteiger partial charge < -0.3 is 4.74 Å². The maximum Gasteiger partial charge on any atom is 0.338 e. The average molecular weight is 144 g/mol. The van der Waals surface area contributed by atoms with E-state index >= 15 is 0 Å². The molecule has 0 aromatic carbocycles. The third-order valence-corrected chi connectivity index (χ3v) is 1.56. The zero-order valence-corrected chi connectivity index (χ0v) is 5.97. The summed E-state index contributed by atoms with van der Waals surface area (Å²) in [7, 11) is 0. The molecule has 1 heterocycles. The molecule has 0 aliphatic carbocycles. The maximum atomic E-state index is 5.32. The first kappa shape index (κ1) is 7.34. The second kappa shape index (κ2) is 3.41. The molecule has 4 heteroatoms. The summed E-state index contributed by atoms with van der Waals surface area (Å²) in [5.41, 5.74) is 10.4. The van der Waals surface area contributed by atoms with Gasteiger partial charge in [0.05, 0.1) is 12.6 Å².